The van der Waals surface area contributed by atoms with Crippen molar-refractivity contribution < 1.29 is 26.0 Å². The number of hydrogen-bond acceptors (Lipinski definition) is 4. The van der Waals surface area contributed by atoms with E-state index in [1.807, 2.05) is 12.1 Å². The predicted octanol–water partition coefficient (Wildman–Crippen LogP) is 3.72. The fourth-order valence-electron chi connectivity index (χ4n) is 2.87. The Bertz CT molecular complexity index is 995. The van der Waals surface area contributed by atoms with Crippen LogP contribution in [-0.4, -0.2) is 19.9 Å². The fourth-order valence-corrected chi connectivity index (χ4v) is 4.61. The highest BCUT2D eigenvalue weighted by molar-refractivity contribution is 7.91. The van der Waals surface area contributed by atoms with Crippen LogP contribution in [0.25, 0.3) is 0 Å². The van der Waals surface area contributed by atoms with Gasteiger partial charge in [-0.15, -0.1) is 0 Å². The number of sulfone groups is 1. The van der Waals surface area contributed by atoms with Gasteiger partial charge in [0.05, 0.1) is 35.5 Å². The third-order valence-corrected chi connectivity index (χ3v) is 6.03. The molecular weight excluding hydrogens is 408 g/mol. The lowest BCUT2D eigenvalue weighted by molar-refractivity contribution is 0.505. The molecular formula is C20H16F4N2O2S. The van der Waals surface area contributed by atoms with E-state index in [0.29, 0.717) is 0 Å². The summed E-state index contributed by atoms with van der Waals surface area (Å²) in [5, 5.41) is 18.5. The Balaban J connectivity index is 2.05. The monoisotopic (exact) mass is 424 g/mol. The van der Waals surface area contributed by atoms with Gasteiger partial charge in [-0.25, -0.2) is 26.0 Å². The summed E-state index contributed by atoms with van der Waals surface area (Å²) in [5.74, 6) is -7.49. The van der Waals surface area contributed by atoms with Crippen LogP contribution in [0.3, 0.4) is 0 Å². The topological polar surface area (TPSA) is 81.7 Å². The minimum Gasteiger partial charge on any atom is -0.229 e. The SMILES string of the molecule is N#CC(Cc1ccc(F)c(F)c1)CS(=O)(=O)CC(C#N)Cc1ccc(F)c(F)c1. The largest absolute Gasteiger partial charge is 0.229 e. The van der Waals surface area contributed by atoms with Crippen LogP contribution in [0.4, 0.5) is 17.6 Å². The molecule has 4 nitrogen and oxygen atoms in total. The Morgan fingerprint density at radius 2 is 1.10 bits per heavy atom. The van der Waals surface area contributed by atoms with Crippen molar-refractivity contribution in [1.29, 1.82) is 10.5 Å². The van der Waals surface area contributed by atoms with E-state index in [9.17, 15) is 36.5 Å². The Hall–Kier alpha value is -2.91. The van der Waals surface area contributed by atoms with Crippen LogP contribution in [0, 0.1) is 57.8 Å². The maximum absolute atomic E-state index is 13.3. The van der Waals surface area contributed by atoms with Crippen LogP contribution >= 0.6 is 0 Å². The zero-order chi connectivity index (χ0) is 21.6. The highest BCUT2D eigenvalue weighted by Crippen LogP contribution is 2.18. The van der Waals surface area contributed by atoms with Crippen molar-refractivity contribution in [2.45, 2.75) is 12.8 Å². The summed E-state index contributed by atoms with van der Waals surface area (Å²) in [6.07, 6.45) is -0.208. The van der Waals surface area contributed by atoms with Gasteiger partial charge in [-0.3, -0.25) is 0 Å². The van der Waals surface area contributed by atoms with Gasteiger partial charge >= 0.3 is 0 Å². The third-order valence-electron chi connectivity index (χ3n) is 4.21. The van der Waals surface area contributed by atoms with E-state index in [2.05, 4.69) is 0 Å². The lowest BCUT2D eigenvalue weighted by Gasteiger charge is -2.13. The number of halogens is 4. The van der Waals surface area contributed by atoms with Gasteiger partial charge in [0.2, 0.25) is 0 Å². The predicted molar refractivity (Wildman–Crippen MR) is 97.0 cm³/mol. The van der Waals surface area contributed by atoms with E-state index in [1.54, 1.807) is 0 Å². The molecule has 152 valence electrons. The summed E-state index contributed by atoms with van der Waals surface area (Å²) in [7, 11) is -3.86. The third kappa shape index (κ3) is 6.58. The minimum atomic E-state index is -3.86. The molecule has 29 heavy (non-hydrogen) atoms. The lowest BCUT2D eigenvalue weighted by Crippen LogP contribution is -2.24. The lowest BCUT2D eigenvalue weighted by atomic mass is 10.0. The normalized spacial score (nSPS) is 13.3. The van der Waals surface area contributed by atoms with E-state index < -0.39 is 56.4 Å². The van der Waals surface area contributed by atoms with Crippen LogP contribution in [-0.2, 0) is 22.7 Å². The molecule has 0 aromatic heterocycles. The Morgan fingerprint density at radius 3 is 1.41 bits per heavy atom. The summed E-state index contributed by atoms with van der Waals surface area (Å²) in [5.41, 5.74) is 0.536. The van der Waals surface area contributed by atoms with E-state index in [1.165, 1.54) is 12.1 Å². The summed E-state index contributed by atoms with van der Waals surface area (Å²) < 4.78 is 77.4. The maximum atomic E-state index is 13.3. The fraction of sp³-hybridized carbons (Fsp3) is 0.300. The van der Waals surface area contributed by atoms with Crippen LogP contribution < -0.4 is 0 Å². The highest BCUT2D eigenvalue weighted by atomic mass is 32.2. The standard InChI is InChI=1S/C20H16F4N2O2S/c21-17-3-1-13(7-19(17)23)5-15(9-25)11-29(27,28)12-16(10-26)6-14-2-4-18(22)20(24)8-14/h1-4,7-8,15-16H,5-6,11-12H2. The number of nitrogens with zero attached hydrogens (tertiary/aromatic N) is 2. The molecule has 0 aliphatic rings. The Labute approximate surface area is 165 Å². The molecule has 2 aromatic carbocycles. The van der Waals surface area contributed by atoms with E-state index in [0.717, 1.165) is 24.3 Å². The second-order valence-corrected chi connectivity index (χ2v) is 8.79. The molecule has 0 aliphatic carbocycles. The van der Waals surface area contributed by atoms with Crippen LogP contribution in [0.15, 0.2) is 36.4 Å². The maximum Gasteiger partial charge on any atom is 0.159 e. The van der Waals surface area contributed by atoms with Crippen LogP contribution in [0.1, 0.15) is 11.1 Å². The van der Waals surface area contributed by atoms with Gasteiger partial charge in [0.1, 0.15) is 0 Å². The molecule has 9 heteroatoms. The second-order valence-electron chi connectivity index (χ2n) is 6.63. The first-order chi connectivity index (χ1) is 13.6. The van der Waals surface area contributed by atoms with E-state index >= 15 is 0 Å². The molecule has 0 amide bonds. The highest BCUT2D eigenvalue weighted by Gasteiger charge is 2.24. The average Bonchev–Trinajstić information content (AvgIpc) is 2.66. The zero-order valence-electron chi connectivity index (χ0n) is 15.1. The number of benzene rings is 2. The molecule has 0 aliphatic heterocycles. The first-order valence-electron chi connectivity index (χ1n) is 8.51. The van der Waals surface area contributed by atoms with Crippen LogP contribution in [0.5, 0.6) is 0 Å². The number of hydrogen-bond donors (Lipinski definition) is 0. The smallest absolute Gasteiger partial charge is 0.159 e. The Kier molecular flexibility index (Phi) is 7.35. The molecule has 0 spiro atoms. The number of rotatable bonds is 8. The summed E-state index contributed by atoms with van der Waals surface area (Å²) in [6, 6.07) is 9.75. The van der Waals surface area contributed by atoms with Gasteiger partial charge in [0.15, 0.2) is 33.1 Å². The van der Waals surface area contributed by atoms with Crippen molar-refractivity contribution in [3.05, 3.63) is 70.8 Å². The van der Waals surface area contributed by atoms with Gasteiger partial charge in [-0.05, 0) is 48.2 Å². The molecule has 0 fully saturated rings. The van der Waals surface area contributed by atoms with Gasteiger partial charge in [0.25, 0.3) is 0 Å². The van der Waals surface area contributed by atoms with E-state index in [-0.39, 0.29) is 24.0 Å². The number of nitriles is 2. The molecule has 2 atom stereocenters. The Morgan fingerprint density at radius 1 is 0.724 bits per heavy atom. The molecule has 2 unspecified atom stereocenters. The second kappa shape index (κ2) is 9.53. The summed E-state index contributed by atoms with van der Waals surface area (Å²) >= 11 is 0. The molecule has 2 rings (SSSR count). The van der Waals surface area contributed by atoms with Crippen molar-refractivity contribution in [3.63, 3.8) is 0 Å². The zero-order valence-corrected chi connectivity index (χ0v) is 15.9. The first kappa shape index (κ1) is 22.4. The summed E-state index contributed by atoms with van der Waals surface area (Å²) in [6.45, 7) is 0. The molecule has 2 aromatic rings. The van der Waals surface area contributed by atoms with Crippen molar-refractivity contribution in [2.24, 2.45) is 11.8 Å². The molecule has 0 N–H and O–H groups in total. The molecule has 0 radical (unpaired) electrons. The quantitative estimate of drug-likeness (QED) is 0.605. The first-order valence-corrected chi connectivity index (χ1v) is 10.3. The molecule has 0 bridgehead atoms. The van der Waals surface area contributed by atoms with Gasteiger partial charge in [0, 0.05) is 0 Å². The van der Waals surface area contributed by atoms with Crippen molar-refractivity contribution in [1.82, 2.24) is 0 Å². The van der Waals surface area contributed by atoms with E-state index in [4.69, 9.17) is 0 Å². The minimum absolute atomic E-state index is 0.104. The molecule has 0 saturated carbocycles. The van der Waals surface area contributed by atoms with Gasteiger partial charge < -0.3 is 0 Å². The summed E-state index contributed by atoms with van der Waals surface area (Å²) in [4.78, 5) is 0. The van der Waals surface area contributed by atoms with Crippen molar-refractivity contribution in [3.8, 4) is 12.1 Å². The van der Waals surface area contributed by atoms with Crippen molar-refractivity contribution >= 4 is 9.84 Å². The van der Waals surface area contributed by atoms with Gasteiger partial charge in [-0.1, -0.05) is 12.1 Å². The molecule has 0 saturated heterocycles. The average molecular weight is 424 g/mol. The van der Waals surface area contributed by atoms with Crippen molar-refractivity contribution in [2.75, 3.05) is 11.5 Å². The van der Waals surface area contributed by atoms with Gasteiger partial charge in [-0.2, -0.15) is 10.5 Å². The van der Waals surface area contributed by atoms with Crippen LogP contribution in [0.2, 0.25) is 0 Å². The molecule has 0 heterocycles.